The molecular weight excluding hydrogens is 210 g/mol. The maximum atomic E-state index is 5.85. The molecule has 0 spiro atoms. The van der Waals surface area contributed by atoms with Crippen LogP contribution in [-0.2, 0) is 4.74 Å². The molecule has 2 nitrogen and oxygen atoms in total. The van der Waals surface area contributed by atoms with Crippen LogP contribution in [-0.4, -0.2) is 13.2 Å². The third-order valence-corrected chi connectivity index (χ3v) is 2.94. The smallest absolute Gasteiger partial charge is 0.0947 e. The molecule has 0 aromatic heterocycles. The summed E-state index contributed by atoms with van der Waals surface area (Å²) < 4.78 is 5.85. The predicted molar refractivity (Wildman–Crippen MR) is 73.1 cm³/mol. The molecule has 0 saturated heterocycles. The first-order valence-electron chi connectivity index (χ1n) is 6.66. The number of ether oxygens (including phenoxy) is 1. The minimum Gasteiger partial charge on any atom is -0.372 e. The second kappa shape index (κ2) is 8.26. The summed E-state index contributed by atoms with van der Waals surface area (Å²) in [5.74, 6) is 0. The lowest BCUT2D eigenvalue weighted by Gasteiger charge is -2.16. The Balaban J connectivity index is 2.38. The van der Waals surface area contributed by atoms with Gasteiger partial charge in [0.05, 0.1) is 6.10 Å². The molecule has 17 heavy (non-hydrogen) atoms. The lowest BCUT2D eigenvalue weighted by Crippen LogP contribution is -2.16. The fourth-order valence-corrected chi connectivity index (χ4v) is 1.93. The van der Waals surface area contributed by atoms with E-state index >= 15 is 0 Å². The highest BCUT2D eigenvalue weighted by Crippen LogP contribution is 2.18. The van der Waals surface area contributed by atoms with Crippen molar-refractivity contribution in [3.8, 4) is 0 Å². The van der Waals surface area contributed by atoms with Crippen LogP contribution in [0.3, 0.4) is 0 Å². The lowest BCUT2D eigenvalue weighted by molar-refractivity contribution is 0.0558. The number of nitrogens with two attached hydrogens (primary N) is 1. The van der Waals surface area contributed by atoms with E-state index in [2.05, 4.69) is 38.1 Å². The zero-order chi connectivity index (χ0) is 12.5. The molecule has 1 atom stereocenters. The van der Waals surface area contributed by atoms with Crippen molar-refractivity contribution in [3.05, 3.63) is 35.4 Å². The van der Waals surface area contributed by atoms with E-state index in [0.717, 1.165) is 13.0 Å². The van der Waals surface area contributed by atoms with Crippen LogP contribution in [0, 0.1) is 6.92 Å². The largest absolute Gasteiger partial charge is 0.372 e. The molecule has 0 bridgehead atoms. The Bertz CT molecular complexity index is 312. The fraction of sp³-hybridized carbons (Fsp3) is 0.600. The van der Waals surface area contributed by atoms with Gasteiger partial charge in [-0.05, 0) is 18.9 Å². The molecular formula is C15H25NO. The molecule has 0 aliphatic rings. The first-order valence-corrected chi connectivity index (χ1v) is 6.66. The van der Waals surface area contributed by atoms with Gasteiger partial charge in [0.25, 0.3) is 0 Å². The van der Waals surface area contributed by atoms with Crippen LogP contribution in [0.5, 0.6) is 0 Å². The van der Waals surface area contributed by atoms with E-state index in [1.807, 2.05) is 0 Å². The predicted octanol–water partition coefficient (Wildman–Crippen LogP) is 3.59. The number of aryl methyl sites for hydroxylation is 1. The summed E-state index contributed by atoms with van der Waals surface area (Å²) in [5, 5.41) is 0. The number of benzene rings is 1. The molecule has 1 aromatic carbocycles. The molecule has 0 amide bonds. The third kappa shape index (κ3) is 5.33. The summed E-state index contributed by atoms with van der Waals surface area (Å²) in [6, 6.07) is 8.41. The van der Waals surface area contributed by atoms with Crippen LogP contribution in [0.4, 0.5) is 0 Å². The summed E-state index contributed by atoms with van der Waals surface area (Å²) >= 11 is 0. The molecule has 0 aliphatic heterocycles. The topological polar surface area (TPSA) is 35.2 Å². The van der Waals surface area contributed by atoms with Crippen molar-refractivity contribution in [1.82, 2.24) is 0 Å². The molecule has 1 unspecified atom stereocenters. The lowest BCUT2D eigenvalue weighted by atomic mass is 10.1. The highest BCUT2D eigenvalue weighted by molar-refractivity contribution is 5.24. The molecule has 96 valence electrons. The van der Waals surface area contributed by atoms with Crippen LogP contribution in [0.2, 0.25) is 0 Å². The number of hydrogen-bond acceptors (Lipinski definition) is 2. The minimum absolute atomic E-state index is 0.0523. The SMILES string of the molecule is CCCCCCOC(CN)c1cccc(C)c1. The molecule has 0 aliphatic carbocycles. The summed E-state index contributed by atoms with van der Waals surface area (Å²) in [6.45, 7) is 5.68. The zero-order valence-electron chi connectivity index (χ0n) is 11.1. The van der Waals surface area contributed by atoms with Gasteiger partial charge in [-0.3, -0.25) is 0 Å². The van der Waals surface area contributed by atoms with E-state index in [4.69, 9.17) is 10.5 Å². The first-order chi connectivity index (χ1) is 8.27. The number of unbranched alkanes of at least 4 members (excludes halogenated alkanes) is 3. The van der Waals surface area contributed by atoms with Gasteiger partial charge in [0.1, 0.15) is 0 Å². The Morgan fingerprint density at radius 3 is 2.71 bits per heavy atom. The van der Waals surface area contributed by atoms with Gasteiger partial charge in [0, 0.05) is 13.2 Å². The van der Waals surface area contributed by atoms with E-state index < -0.39 is 0 Å². The fourth-order valence-electron chi connectivity index (χ4n) is 1.93. The van der Waals surface area contributed by atoms with E-state index in [-0.39, 0.29) is 6.10 Å². The number of rotatable bonds is 8. The molecule has 0 heterocycles. The summed E-state index contributed by atoms with van der Waals surface area (Å²) in [5.41, 5.74) is 8.23. The van der Waals surface area contributed by atoms with Gasteiger partial charge in [-0.15, -0.1) is 0 Å². The van der Waals surface area contributed by atoms with Crippen LogP contribution in [0.15, 0.2) is 24.3 Å². The molecule has 2 heteroatoms. The monoisotopic (exact) mass is 235 g/mol. The Morgan fingerprint density at radius 1 is 1.24 bits per heavy atom. The van der Waals surface area contributed by atoms with Gasteiger partial charge >= 0.3 is 0 Å². The third-order valence-electron chi connectivity index (χ3n) is 2.94. The standard InChI is InChI=1S/C15H25NO/c1-3-4-5-6-10-17-15(12-16)14-9-7-8-13(2)11-14/h7-9,11,15H,3-6,10,12,16H2,1-2H3. The van der Waals surface area contributed by atoms with Gasteiger partial charge in [0.15, 0.2) is 0 Å². The van der Waals surface area contributed by atoms with Gasteiger partial charge in [-0.1, -0.05) is 56.0 Å². The van der Waals surface area contributed by atoms with Gasteiger partial charge in [-0.2, -0.15) is 0 Å². The van der Waals surface area contributed by atoms with E-state index in [0.29, 0.717) is 6.54 Å². The Kier molecular flexibility index (Phi) is 6.90. The van der Waals surface area contributed by atoms with Crippen LogP contribution < -0.4 is 5.73 Å². The normalized spacial score (nSPS) is 12.6. The van der Waals surface area contributed by atoms with E-state index in [9.17, 15) is 0 Å². The highest BCUT2D eigenvalue weighted by atomic mass is 16.5. The van der Waals surface area contributed by atoms with Crippen molar-refractivity contribution < 1.29 is 4.74 Å². The molecule has 1 rings (SSSR count). The summed E-state index contributed by atoms with van der Waals surface area (Å²) in [6.07, 6.45) is 4.99. The average molecular weight is 235 g/mol. The van der Waals surface area contributed by atoms with Crippen molar-refractivity contribution in [2.45, 2.75) is 45.6 Å². The Morgan fingerprint density at radius 2 is 2.06 bits per heavy atom. The highest BCUT2D eigenvalue weighted by Gasteiger charge is 2.09. The van der Waals surface area contributed by atoms with Crippen LogP contribution in [0.25, 0.3) is 0 Å². The van der Waals surface area contributed by atoms with Crippen molar-refractivity contribution in [1.29, 1.82) is 0 Å². The molecule has 0 fully saturated rings. The Labute approximate surface area is 105 Å². The molecule has 0 saturated carbocycles. The van der Waals surface area contributed by atoms with Gasteiger partial charge in [-0.25, -0.2) is 0 Å². The maximum Gasteiger partial charge on any atom is 0.0947 e. The van der Waals surface area contributed by atoms with Crippen LogP contribution >= 0.6 is 0 Å². The van der Waals surface area contributed by atoms with Crippen molar-refractivity contribution in [3.63, 3.8) is 0 Å². The van der Waals surface area contributed by atoms with Crippen LogP contribution in [0.1, 0.15) is 49.8 Å². The van der Waals surface area contributed by atoms with Crippen molar-refractivity contribution >= 4 is 0 Å². The van der Waals surface area contributed by atoms with Gasteiger partial charge in [0.2, 0.25) is 0 Å². The second-order valence-corrected chi connectivity index (χ2v) is 4.57. The molecule has 2 N–H and O–H groups in total. The van der Waals surface area contributed by atoms with Crippen molar-refractivity contribution in [2.24, 2.45) is 5.73 Å². The summed E-state index contributed by atoms with van der Waals surface area (Å²) in [4.78, 5) is 0. The van der Waals surface area contributed by atoms with E-state index in [1.165, 1.54) is 30.4 Å². The summed E-state index contributed by atoms with van der Waals surface area (Å²) in [7, 11) is 0. The second-order valence-electron chi connectivity index (χ2n) is 4.57. The minimum atomic E-state index is 0.0523. The van der Waals surface area contributed by atoms with Gasteiger partial charge < -0.3 is 10.5 Å². The van der Waals surface area contributed by atoms with Crippen molar-refractivity contribution in [2.75, 3.05) is 13.2 Å². The number of hydrogen-bond donors (Lipinski definition) is 1. The molecule has 1 aromatic rings. The average Bonchev–Trinajstić information content (AvgIpc) is 2.34. The molecule has 0 radical (unpaired) electrons. The Hall–Kier alpha value is -0.860. The quantitative estimate of drug-likeness (QED) is 0.699. The van der Waals surface area contributed by atoms with E-state index in [1.54, 1.807) is 0 Å². The zero-order valence-corrected chi connectivity index (χ0v) is 11.1. The first kappa shape index (κ1) is 14.2. The maximum absolute atomic E-state index is 5.85.